The van der Waals surface area contributed by atoms with Gasteiger partial charge < -0.3 is 0 Å². The number of aryl methyl sites for hydroxylation is 1. The molecule has 0 bridgehead atoms. The SMILES string of the molecule is C=C(CN(C/C=C/C=C/C)S(=O)(=O)c1ccc(C)cc1)N=[N+]=[N-]. The van der Waals surface area contributed by atoms with Gasteiger partial charge in [-0.25, -0.2) is 8.42 Å². The molecule has 23 heavy (non-hydrogen) atoms. The molecule has 0 saturated heterocycles. The van der Waals surface area contributed by atoms with E-state index >= 15 is 0 Å². The summed E-state index contributed by atoms with van der Waals surface area (Å²) in [5, 5.41) is 3.37. The first kappa shape index (κ1) is 18.7. The van der Waals surface area contributed by atoms with E-state index in [-0.39, 0.29) is 23.7 Å². The number of nitrogens with zero attached hydrogens (tertiary/aromatic N) is 4. The molecule has 0 fully saturated rings. The zero-order valence-electron chi connectivity index (χ0n) is 13.3. The van der Waals surface area contributed by atoms with Gasteiger partial charge in [0.2, 0.25) is 10.0 Å². The minimum absolute atomic E-state index is 0.0690. The van der Waals surface area contributed by atoms with Crippen LogP contribution in [0.25, 0.3) is 10.4 Å². The molecule has 0 heterocycles. The Hall–Kier alpha value is -2.34. The summed E-state index contributed by atoms with van der Waals surface area (Å²) in [6.45, 7) is 7.43. The Balaban J connectivity index is 3.11. The summed E-state index contributed by atoms with van der Waals surface area (Å²) in [4.78, 5) is 2.83. The maximum atomic E-state index is 12.7. The summed E-state index contributed by atoms with van der Waals surface area (Å²) >= 11 is 0. The zero-order chi connectivity index (χ0) is 17.3. The van der Waals surface area contributed by atoms with Gasteiger partial charge >= 0.3 is 0 Å². The van der Waals surface area contributed by atoms with Gasteiger partial charge in [-0.1, -0.05) is 53.7 Å². The van der Waals surface area contributed by atoms with Crippen molar-refractivity contribution in [2.45, 2.75) is 18.7 Å². The third-order valence-electron chi connectivity index (χ3n) is 2.95. The molecular formula is C16H20N4O2S. The minimum Gasteiger partial charge on any atom is -0.207 e. The molecular weight excluding hydrogens is 312 g/mol. The largest absolute Gasteiger partial charge is 0.243 e. The second-order valence-corrected chi connectivity index (χ2v) is 6.76. The molecule has 0 aromatic heterocycles. The van der Waals surface area contributed by atoms with E-state index in [0.29, 0.717) is 0 Å². The summed E-state index contributed by atoms with van der Waals surface area (Å²) in [6.07, 6.45) is 7.12. The van der Waals surface area contributed by atoms with Crippen molar-refractivity contribution in [2.24, 2.45) is 5.11 Å². The lowest BCUT2D eigenvalue weighted by atomic mass is 10.2. The number of rotatable bonds is 8. The lowest BCUT2D eigenvalue weighted by Gasteiger charge is -2.20. The zero-order valence-corrected chi connectivity index (χ0v) is 14.1. The molecule has 0 saturated carbocycles. The molecule has 1 aromatic carbocycles. The van der Waals surface area contributed by atoms with Gasteiger partial charge in [-0.05, 0) is 31.5 Å². The fourth-order valence-corrected chi connectivity index (χ4v) is 3.15. The van der Waals surface area contributed by atoms with Crippen molar-refractivity contribution < 1.29 is 8.42 Å². The van der Waals surface area contributed by atoms with Crippen LogP contribution in [-0.4, -0.2) is 25.8 Å². The molecule has 1 aromatic rings. The highest BCUT2D eigenvalue weighted by atomic mass is 32.2. The maximum Gasteiger partial charge on any atom is 0.243 e. The van der Waals surface area contributed by atoms with E-state index in [1.807, 2.05) is 19.9 Å². The summed E-state index contributed by atoms with van der Waals surface area (Å²) in [6, 6.07) is 6.60. The minimum atomic E-state index is -3.70. The smallest absolute Gasteiger partial charge is 0.207 e. The van der Waals surface area contributed by atoms with Crippen molar-refractivity contribution in [3.8, 4) is 0 Å². The fourth-order valence-electron chi connectivity index (χ4n) is 1.77. The lowest BCUT2D eigenvalue weighted by molar-refractivity contribution is 0.466. The van der Waals surface area contributed by atoms with Crippen LogP contribution < -0.4 is 0 Å². The molecule has 122 valence electrons. The molecule has 0 N–H and O–H groups in total. The third kappa shape index (κ3) is 5.75. The first-order valence-electron chi connectivity index (χ1n) is 6.99. The van der Waals surface area contributed by atoms with Gasteiger partial charge in [0, 0.05) is 23.7 Å². The van der Waals surface area contributed by atoms with E-state index in [1.54, 1.807) is 42.5 Å². The lowest BCUT2D eigenvalue weighted by Crippen LogP contribution is -2.32. The van der Waals surface area contributed by atoms with Crippen molar-refractivity contribution in [3.63, 3.8) is 0 Å². The van der Waals surface area contributed by atoms with Crippen LogP contribution in [0.3, 0.4) is 0 Å². The predicted octanol–water partition coefficient (Wildman–Crippen LogP) is 3.94. The Labute approximate surface area is 137 Å². The molecule has 0 radical (unpaired) electrons. The van der Waals surface area contributed by atoms with Gasteiger partial charge in [-0.15, -0.1) is 0 Å². The Morgan fingerprint density at radius 1 is 1.35 bits per heavy atom. The second-order valence-electron chi connectivity index (χ2n) is 4.82. The van der Waals surface area contributed by atoms with Gasteiger partial charge in [0.1, 0.15) is 0 Å². The van der Waals surface area contributed by atoms with Crippen molar-refractivity contribution in [2.75, 3.05) is 13.1 Å². The fraction of sp³-hybridized carbons (Fsp3) is 0.250. The van der Waals surface area contributed by atoms with Crippen molar-refractivity contribution >= 4 is 10.0 Å². The highest BCUT2D eigenvalue weighted by Crippen LogP contribution is 2.17. The molecule has 7 heteroatoms. The normalized spacial score (nSPS) is 12.0. The third-order valence-corrected chi connectivity index (χ3v) is 4.78. The van der Waals surface area contributed by atoms with E-state index < -0.39 is 10.0 Å². The number of hydrogen-bond acceptors (Lipinski definition) is 3. The molecule has 0 unspecified atom stereocenters. The highest BCUT2D eigenvalue weighted by molar-refractivity contribution is 7.89. The van der Waals surface area contributed by atoms with Gasteiger partial charge in [0.05, 0.1) is 4.90 Å². The van der Waals surface area contributed by atoms with E-state index in [9.17, 15) is 8.42 Å². The second kappa shape index (κ2) is 8.95. The molecule has 0 aliphatic rings. The number of benzene rings is 1. The van der Waals surface area contributed by atoms with Crippen molar-refractivity contribution in [3.05, 3.63) is 76.9 Å². The van der Waals surface area contributed by atoms with Crippen LogP contribution in [0.15, 0.2) is 70.9 Å². The average molecular weight is 332 g/mol. The van der Waals surface area contributed by atoms with E-state index in [2.05, 4.69) is 16.6 Å². The summed E-state index contributed by atoms with van der Waals surface area (Å²) in [7, 11) is -3.70. The van der Waals surface area contributed by atoms with Crippen LogP contribution in [-0.2, 0) is 10.0 Å². The average Bonchev–Trinajstić information content (AvgIpc) is 2.51. The molecule has 0 aliphatic heterocycles. The molecule has 0 amide bonds. The molecule has 0 atom stereocenters. The summed E-state index contributed by atoms with van der Waals surface area (Å²) in [5.41, 5.74) is 9.57. The highest BCUT2D eigenvalue weighted by Gasteiger charge is 2.23. The van der Waals surface area contributed by atoms with E-state index in [0.717, 1.165) is 5.56 Å². The van der Waals surface area contributed by atoms with Gasteiger partial charge in [-0.2, -0.15) is 4.31 Å². The summed E-state index contributed by atoms with van der Waals surface area (Å²) < 4.78 is 26.7. The first-order chi connectivity index (χ1) is 10.9. The summed E-state index contributed by atoms with van der Waals surface area (Å²) in [5.74, 6) is 0. The van der Waals surface area contributed by atoms with Crippen LogP contribution in [0.2, 0.25) is 0 Å². The van der Waals surface area contributed by atoms with Gasteiger partial charge in [0.25, 0.3) is 0 Å². The quantitative estimate of drug-likeness (QED) is 0.312. The predicted molar refractivity (Wildman–Crippen MR) is 92.2 cm³/mol. The Morgan fingerprint density at radius 3 is 2.57 bits per heavy atom. The Bertz CT molecular complexity index is 743. The van der Waals surface area contributed by atoms with Crippen LogP contribution in [0.1, 0.15) is 12.5 Å². The van der Waals surface area contributed by atoms with E-state index in [1.165, 1.54) is 4.31 Å². The topological polar surface area (TPSA) is 86.1 Å². The van der Waals surface area contributed by atoms with Gasteiger partial charge in [0.15, 0.2) is 0 Å². The standard InChI is InChI=1S/C16H20N4O2S/c1-4-5-6-7-12-20(13-15(3)18-19-17)23(21,22)16-10-8-14(2)9-11-16/h4-11H,3,12-13H2,1-2H3/b5-4+,7-6+. The van der Waals surface area contributed by atoms with Crippen LogP contribution >= 0.6 is 0 Å². The Kier molecular flexibility index (Phi) is 7.28. The van der Waals surface area contributed by atoms with E-state index in [4.69, 9.17) is 5.53 Å². The van der Waals surface area contributed by atoms with Crippen LogP contribution in [0.5, 0.6) is 0 Å². The Morgan fingerprint density at radius 2 is 2.00 bits per heavy atom. The maximum absolute atomic E-state index is 12.7. The first-order valence-corrected chi connectivity index (χ1v) is 8.43. The van der Waals surface area contributed by atoms with Crippen molar-refractivity contribution in [1.29, 1.82) is 0 Å². The van der Waals surface area contributed by atoms with Crippen LogP contribution in [0, 0.1) is 6.92 Å². The molecule has 0 spiro atoms. The number of sulfonamides is 1. The molecule has 0 aliphatic carbocycles. The van der Waals surface area contributed by atoms with Gasteiger partial charge in [-0.3, -0.25) is 0 Å². The number of azide groups is 1. The number of allylic oxidation sites excluding steroid dienone is 3. The van der Waals surface area contributed by atoms with Crippen LogP contribution in [0.4, 0.5) is 0 Å². The number of hydrogen-bond donors (Lipinski definition) is 0. The molecule has 1 rings (SSSR count). The monoisotopic (exact) mass is 332 g/mol. The molecule has 6 nitrogen and oxygen atoms in total. The van der Waals surface area contributed by atoms with Crippen molar-refractivity contribution in [1.82, 2.24) is 4.31 Å².